The quantitative estimate of drug-likeness (QED) is 0.705. The third-order valence-corrected chi connectivity index (χ3v) is 5.09. The van der Waals surface area contributed by atoms with Gasteiger partial charge in [0.2, 0.25) is 5.95 Å². The Morgan fingerprint density at radius 2 is 2.03 bits per heavy atom. The fourth-order valence-electron chi connectivity index (χ4n) is 3.87. The normalized spacial score (nSPS) is 21.6. The molecule has 0 fully saturated rings. The molecule has 3 aromatic heterocycles. The number of nitrogens with zero attached hydrogens (tertiary/aromatic N) is 4. The predicted octanol–water partition coefficient (Wildman–Crippen LogP) is 3.70. The molecule has 10 heteroatoms. The summed E-state index contributed by atoms with van der Waals surface area (Å²) in [4.78, 5) is 21.0. The van der Waals surface area contributed by atoms with Crippen LogP contribution in [0, 0.1) is 0 Å². The fourth-order valence-corrected chi connectivity index (χ4v) is 3.87. The van der Waals surface area contributed by atoms with Crippen LogP contribution in [-0.2, 0) is 11.0 Å². The molecule has 1 aliphatic heterocycles. The smallest absolute Gasteiger partial charge is 0.453 e. The number of nitrogens with one attached hydrogen (secondary N) is 1. The van der Waals surface area contributed by atoms with Gasteiger partial charge in [0.1, 0.15) is 11.8 Å². The second-order valence-corrected chi connectivity index (χ2v) is 6.92. The van der Waals surface area contributed by atoms with Crippen molar-refractivity contribution in [2.24, 2.45) is 0 Å². The first-order valence-corrected chi connectivity index (χ1v) is 8.93. The minimum absolute atomic E-state index is 0.0698. The third kappa shape index (κ3) is 2.91. The molecular weight excluding hydrogens is 387 g/mol. The van der Waals surface area contributed by atoms with E-state index in [2.05, 4.69) is 20.4 Å². The molecule has 2 atom stereocenters. The molecule has 148 valence electrons. The Balaban J connectivity index is 1.64. The molecular formula is C19H14F3N5O2. The van der Waals surface area contributed by atoms with E-state index in [1.54, 1.807) is 30.3 Å². The molecule has 0 bridgehead atoms. The lowest BCUT2D eigenvalue weighted by Crippen LogP contribution is -2.34. The van der Waals surface area contributed by atoms with E-state index in [0.717, 1.165) is 4.68 Å². The van der Waals surface area contributed by atoms with Crippen LogP contribution in [0.2, 0.25) is 0 Å². The van der Waals surface area contributed by atoms with Gasteiger partial charge in [0.25, 0.3) is 5.82 Å². The van der Waals surface area contributed by atoms with Crippen LogP contribution < -0.4 is 5.32 Å². The van der Waals surface area contributed by atoms with Crippen LogP contribution in [0.4, 0.5) is 19.1 Å². The summed E-state index contributed by atoms with van der Waals surface area (Å²) in [5, 5.41) is 6.54. The monoisotopic (exact) mass is 401 g/mol. The zero-order chi connectivity index (χ0) is 20.2. The van der Waals surface area contributed by atoms with Gasteiger partial charge in [-0.3, -0.25) is 9.78 Å². The lowest BCUT2D eigenvalue weighted by Gasteiger charge is -2.34. The molecule has 0 saturated carbocycles. The minimum atomic E-state index is -4.71. The fraction of sp³-hybridized carbons (Fsp3) is 0.263. The summed E-state index contributed by atoms with van der Waals surface area (Å²) in [6, 6.07) is 7.71. The second kappa shape index (κ2) is 6.29. The molecule has 1 aliphatic carbocycles. The lowest BCUT2D eigenvalue weighted by molar-refractivity contribution is -0.145. The van der Waals surface area contributed by atoms with Crippen LogP contribution in [0.1, 0.15) is 42.1 Å². The highest BCUT2D eigenvalue weighted by atomic mass is 19.4. The zero-order valence-electron chi connectivity index (χ0n) is 14.8. The molecule has 0 radical (unpaired) electrons. The molecule has 3 aromatic rings. The Morgan fingerprint density at radius 1 is 1.17 bits per heavy atom. The van der Waals surface area contributed by atoms with Gasteiger partial charge in [-0.05, 0) is 30.7 Å². The molecule has 1 N–H and O–H groups in total. The summed E-state index contributed by atoms with van der Waals surface area (Å²) < 4.78 is 46.2. The first-order chi connectivity index (χ1) is 13.9. The number of pyridine rings is 1. The minimum Gasteiger partial charge on any atom is -0.469 e. The van der Waals surface area contributed by atoms with Crippen LogP contribution in [0.5, 0.6) is 0 Å². The van der Waals surface area contributed by atoms with Crippen molar-refractivity contribution in [3.63, 3.8) is 0 Å². The highest BCUT2D eigenvalue weighted by molar-refractivity contribution is 6.00. The maximum Gasteiger partial charge on any atom is 0.453 e. The largest absolute Gasteiger partial charge is 0.469 e. The molecule has 2 aliphatic rings. The van der Waals surface area contributed by atoms with Gasteiger partial charge in [-0.15, -0.1) is 5.10 Å². The first-order valence-electron chi connectivity index (χ1n) is 8.93. The highest BCUT2D eigenvalue weighted by Gasteiger charge is 2.44. The zero-order valence-corrected chi connectivity index (χ0v) is 14.8. The van der Waals surface area contributed by atoms with Crippen molar-refractivity contribution in [1.82, 2.24) is 19.7 Å². The average Bonchev–Trinajstić information content (AvgIpc) is 3.36. The first kappa shape index (κ1) is 17.7. The van der Waals surface area contributed by atoms with Crippen LogP contribution in [0.3, 0.4) is 0 Å². The summed E-state index contributed by atoms with van der Waals surface area (Å²) in [5.41, 5.74) is 1.30. The van der Waals surface area contributed by atoms with E-state index in [1.165, 1.54) is 12.5 Å². The summed E-state index contributed by atoms with van der Waals surface area (Å²) in [6.07, 6.45) is -1.06. The number of anilines is 1. The van der Waals surface area contributed by atoms with Crippen LogP contribution in [-0.4, -0.2) is 25.5 Å². The number of Topliss-reactive ketones (excluding diaryl/α,β-unsaturated/α-hetero) is 1. The number of ketones is 1. The summed E-state index contributed by atoms with van der Waals surface area (Å²) >= 11 is 0. The third-order valence-electron chi connectivity index (χ3n) is 5.09. The van der Waals surface area contributed by atoms with Gasteiger partial charge in [-0.1, -0.05) is 6.07 Å². The van der Waals surface area contributed by atoms with Crippen molar-refractivity contribution in [1.29, 1.82) is 0 Å². The summed E-state index contributed by atoms with van der Waals surface area (Å²) in [5.74, 6) is -1.07. The summed E-state index contributed by atoms with van der Waals surface area (Å²) in [7, 11) is 0. The number of rotatable bonds is 2. The SMILES string of the molecule is O=C1C[C@@H](c2ccco2)CC2=C1[C@@H](c1ccccn1)n1nc(C(F)(F)F)nc1N2. The molecule has 29 heavy (non-hydrogen) atoms. The molecule has 0 saturated heterocycles. The molecule has 7 nitrogen and oxygen atoms in total. The average molecular weight is 401 g/mol. The Bertz CT molecular complexity index is 1100. The van der Waals surface area contributed by atoms with E-state index in [-0.39, 0.29) is 24.1 Å². The number of carbonyl (C=O) groups is 1. The number of alkyl halides is 3. The molecule has 0 spiro atoms. The van der Waals surface area contributed by atoms with E-state index in [0.29, 0.717) is 29.1 Å². The molecule has 0 unspecified atom stereocenters. The Labute approximate surface area is 162 Å². The number of fused-ring (bicyclic) bond motifs is 1. The van der Waals surface area contributed by atoms with E-state index >= 15 is 0 Å². The number of furan rings is 1. The van der Waals surface area contributed by atoms with Crippen molar-refractivity contribution < 1.29 is 22.4 Å². The van der Waals surface area contributed by atoms with E-state index in [4.69, 9.17) is 4.42 Å². The Morgan fingerprint density at radius 3 is 2.72 bits per heavy atom. The molecule has 4 heterocycles. The number of hydrogen-bond acceptors (Lipinski definition) is 6. The highest BCUT2D eigenvalue weighted by Crippen LogP contribution is 2.44. The molecule has 0 aromatic carbocycles. The van der Waals surface area contributed by atoms with Crippen LogP contribution >= 0.6 is 0 Å². The van der Waals surface area contributed by atoms with E-state index < -0.39 is 18.0 Å². The van der Waals surface area contributed by atoms with Crippen molar-refractivity contribution in [3.05, 3.63) is 71.3 Å². The second-order valence-electron chi connectivity index (χ2n) is 6.92. The van der Waals surface area contributed by atoms with Crippen molar-refractivity contribution in [2.75, 3.05) is 5.32 Å². The summed E-state index contributed by atoms with van der Waals surface area (Å²) in [6.45, 7) is 0. The number of carbonyl (C=O) groups excluding carboxylic acids is 1. The standard InChI is InChI=1S/C19H14F3N5O2/c20-19(21,22)17-25-18-24-12-8-10(14-5-3-7-29-14)9-13(28)15(12)16(27(18)26-17)11-4-1-2-6-23-11/h1-7,10,16H,8-9H2,(H,24,25,26)/t10-,16+/m0/s1. The Kier molecular flexibility index (Phi) is 3.83. The van der Waals surface area contributed by atoms with Crippen LogP contribution in [0.15, 0.2) is 58.5 Å². The van der Waals surface area contributed by atoms with Gasteiger partial charge in [0, 0.05) is 29.8 Å². The number of halogens is 3. The lowest BCUT2D eigenvalue weighted by atomic mass is 9.80. The van der Waals surface area contributed by atoms with Crippen molar-refractivity contribution >= 4 is 11.7 Å². The number of hydrogen-bond donors (Lipinski definition) is 1. The van der Waals surface area contributed by atoms with E-state index in [9.17, 15) is 18.0 Å². The Hall–Kier alpha value is -3.43. The van der Waals surface area contributed by atoms with Gasteiger partial charge < -0.3 is 9.73 Å². The number of allylic oxidation sites excluding steroid dienone is 2. The van der Waals surface area contributed by atoms with Gasteiger partial charge in [-0.25, -0.2) is 4.68 Å². The van der Waals surface area contributed by atoms with Crippen molar-refractivity contribution in [2.45, 2.75) is 31.0 Å². The topological polar surface area (TPSA) is 85.8 Å². The van der Waals surface area contributed by atoms with Gasteiger partial charge in [0.15, 0.2) is 5.78 Å². The number of aromatic nitrogens is 4. The van der Waals surface area contributed by atoms with Gasteiger partial charge in [-0.2, -0.15) is 18.2 Å². The maximum atomic E-state index is 13.2. The van der Waals surface area contributed by atoms with Gasteiger partial charge >= 0.3 is 6.18 Å². The molecule has 5 rings (SSSR count). The maximum absolute atomic E-state index is 13.2. The van der Waals surface area contributed by atoms with Crippen molar-refractivity contribution in [3.8, 4) is 0 Å². The van der Waals surface area contributed by atoms with E-state index in [1.807, 2.05) is 0 Å². The van der Waals surface area contributed by atoms with Gasteiger partial charge in [0.05, 0.1) is 12.0 Å². The van der Waals surface area contributed by atoms with Crippen LogP contribution in [0.25, 0.3) is 0 Å². The predicted molar refractivity (Wildman–Crippen MR) is 93.7 cm³/mol. The molecule has 0 amide bonds.